The van der Waals surface area contributed by atoms with Gasteiger partial charge in [-0.15, -0.1) is 0 Å². The molecule has 3 heterocycles. The van der Waals surface area contributed by atoms with E-state index >= 15 is 0 Å². The van der Waals surface area contributed by atoms with Crippen molar-refractivity contribution in [2.45, 2.75) is 140 Å². The number of nitrogens with one attached hydrogen (secondary N) is 2. The van der Waals surface area contributed by atoms with Gasteiger partial charge in [-0.2, -0.15) is 5.06 Å². The van der Waals surface area contributed by atoms with Crippen LogP contribution in [0.25, 0.3) is 6.08 Å². The number of esters is 1. The summed E-state index contributed by atoms with van der Waals surface area (Å²) < 4.78 is 20.0. The van der Waals surface area contributed by atoms with Gasteiger partial charge in [0.1, 0.15) is 41.6 Å². The first-order valence-electron chi connectivity index (χ1n) is 20.0. The Morgan fingerprint density at radius 2 is 1.65 bits per heavy atom. The molecule has 0 unspecified atom stereocenters. The number of fused-ring (bicyclic) bond motifs is 4. The minimum atomic E-state index is -1.56. The Balaban J connectivity index is 1.35. The fraction of sp³-hybridized carbons (Fsp3) is 0.595. The lowest BCUT2D eigenvalue weighted by Crippen LogP contribution is -2.71. The van der Waals surface area contributed by atoms with Gasteiger partial charge in [-0.25, -0.2) is 0 Å². The summed E-state index contributed by atoms with van der Waals surface area (Å²) in [5.41, 5.74) is 0.896. The molecular weight excluding hydrogens is 706 g/mol. The Hall–Kier alpha value is -3.85. The summed E-state index contributed by atoms with van der Waals surface area (Å²) in [5, 5.41) is 37.1. The van der Waals surface area contributed by atoms with Crippen molar-refractivity contribution in [1.82, 2.24) is 15.7 Å². The van der Waals surface area contributed by atoms with Gasteiger partial charge in [0.2, 0.25) is 11.8 Å². The van der Waals surface area contributed by atoms with Crippen LogP contribution in [0.15, 0.2) is 54.6 Å². The Morgan fingerprint density at radius 3 is 2.33 bits per heavy atom. The summed E-state index contributed by atoms with van der Waals surface area (Å²) >= 11 is 0. The zero-order valence-corrected chi connectivity index (χ0v) is 32.2. The topological polar surface area (TPSA) is 176 Å². The zero-order valence-electron chi connectivity index (χ0n) is 32.2. The van der Waals surface area contributed by atoms with Gasteiger partial charge in [0, 0.05) is 25.8 Å². The van der Waals surface area contributed by atoms with Gasteiger partial charge < -0.3 is 40.2 Å². The number of ether oxygens (including phenoxy) is 3. The van der Waals surface area contributed by atoms with E-state index in [1.807, 2.05) is 48.6 Å². The predicted octanol–water partition coefficient (Wildman–Crippen LogP) is 4.06. The number of benzene rings is 2. The first-order valence-corrected chi connectivity index (χ1v) is 20.0. The van der Waals surface area contributed by atoms with Gasteiger partial charge in [-0.3, -0.25) is 19.2 Å². The summed E-state index contributed by atoms with van der Waals surface area (Å²) in [5.74, 6) is -2.67. The predicted molar refractivity (Wildman–Crippen MR) is 203 cm³/mol. The molecule has 300 valence electrons. The van der Waals surface area contributed by atoms with E-state index in [4.69, 9.17) is 19.0 Å². The highest BCUT2D eigenvalue weighted by Gasteiger charge is 2.76. The molecule has 2 amide bonds. The number of phenols is 1. The maximum absolute atomic E-state index is 14.9. The molecule has 0 spiro atoms. The first-order chi connectivity index (χ1) is 26.6. The molecule has 0 radical (unpaired) electrons. The van der Waals surface area contributed by atoms with E-state index in [-0.39, 0.29) is 31.9 Å². The number of para-hydroxylation sites is 1. The normalized spacial score (nSPS) is 27.7. The zero-order chi connectivity index (χ0) is 39.2. The molecule has 5 N–H and O–H groups in total. The highest BCUT2D eigenvalue weighted by atomic mass is 16.8. The molecule has 4 fully saturated rings. The lowest BCUT2D eigenvalue weighted by atomic mass is 9.62. The van der Waals surface area contributed by atoms with Crippen LogP contribution in [-0.2, 0) is 46.4 Å². The van der Waals surface area contributed by atoms with E-state index in [1.54, 1.807) is 12.1 Å². The average Bonchev–Trinajstić information content (AvgIpc) is 3.72. The molecule has 6 rings (SSSR count). The molecule has 4 aliphatic rings. The number of aliphatic hydroxyl groups excluding tert-OH is 2. The monoisotopic (exact) mass is 763 g/mol. The van der Waals surface area contributed by atoms with Gasteiger partial charge in [0.05, 0.1) is 19.3 Å². The quantitative estimate of drug-likeness (QED) is 0.103. The third kappa shape index (κ3) is 8.47. The van der Waals surface area contributed by atoms with Gasteiger partial charge in [-0.05, 0) is 48.9 Å². The smallest absolute Gasteiger partial charge is 0.327 e. The van der Waals surface area contributed by atoms with Gasteiger partial charge >= 0.3 is 5.97 Å². The number of allylic oxidation sites excluding steroid dienone is 1. The van der Waals surface area contributed by atoms with Crippen molar-refractivity contribution >= 4 is 23.9 Å². The number of carbonyl (C=O) groups excluding carboxylic acids is 3. The third-order valence-corrected chi connectivity index (χ3v) is 11.5. The number of aliphatic hydroxyl groups is 2. The summed E-state index contributed by atoms with van der Waals surface area (Å²) in [7, 11) is 0. The van der Waals surface area contributed by atoms with Gasteiger partial charge in [0.25, 0.3) is 0 Å². The number of amides is 2. The molecular formula is C42H57N3O10. The van der Waals surface area contributed by atoms with E-state index in [9.17, 15) is 29.7 Å². The number of phenolic OH excluding ortho intramolecular Hbond substituents is 1. The van der Waals surface area contributed by atoms with E-state index in [1.165, 1.54) is 12.0 Å². The van der Waals surface area contributed by atoms with Crippen molar-refractivity contribution in [3.8, 4) is 5.75 Å². The SMILES string of the molecule is CCCCCC1(CCCCC)O[C@@H]2[C@H](O1)[C@H]1ON(Cc3ccccc3C=CCc3ccccc3O)[C@@H]3C(=O)O[C@@H]2C[C@]13C(=O)N[C@@H](C(=O)NCCO)[C@H](C)O. The second-order valence-electron chi connectivity index (χ2n) is 15.4. The number of carbonyl (C=O) groups is 3. The van der Waals surface area contributed by atoms with Gasteiger partial charge in [-0.1, -0.05) is 94.1 Å². The molecule has 2 aromatic rings. The maximum atomic E-state index is 14.9. The molecule has 1 aliphatic carbocycles. The minimum Gasteiger partial charge on any atom is -0.508 e. The van der Waals surface area contributed by atoms with Crippen LogP contribution in [-0.4, -0.2) is 99.7 Å². The fourth-order valence-corrected chi connectivity index (χ4v) is 8.67. The molecule has 8 atom stereocenters. The largest absolute Gasteiger partial charge is 0.508 e. The number of nitrogens with zero attached hydrogens (tertiary/aromatic N) is 1. The second kappa shape index (κ2) is 18.0. The van der Waals surface area contributed by atoms with Crippen LogP contribution in [0.5, 0.6) is 5.75 Å². The lowest BCUT2D eigenvalue weighted by molar-refractivity contribution is -0.224. The van der Waals surface area contributed by atoms with Crippen LogP contribution in [0.1, 0.15) is 95.2 Å². The number of rotatable bonds is 19. The molecule has 3 aliphatic heterocycles. The molecule has 1 saturated carbocycles. The molecule has 13 heteroatoms. The summed E-state index contributed by atoms with van der Waals surface area (Å²) in [4.78, 5) is 49.1. The summed E-state index contributed by atoms with van der Waals surface area (Å²) in [6.07, 6.45) is 7.03. The average molecular weight is 764 g/mol. The second-order valence-corrected chi connectivity index (χ2v) is 15.4. The Labute approximate surface area is 323 Å². The lowest BCUT2D eigenvalue weighted by Gasteiger charge is -2.49. The van der Waals surface area contributed by atoms with E-state index < -0.39 is 71.6 Å². The van der Waals surface area contributed by atoms with E-state index in [0.29, 0.717) is 19.3 Å². The number of hydroxylamine groups is 2. The molecule has 2 bridgehead atoms. The molecule has 2 aromatic carbocycles. The Kier molecular flexibility index (Phi) is 13.3. The number of aromatic hydroxyl groups is 1. The Morgan fingerprint density at radius 1 is 0.982 bits per heavy atom. The van der Waals surface area contributed by atoms with Crippen molar-refractivity contribution < 1.29 is 48.8 Å². The summed E-state index contributed by atoms with van der Waals surface area (Å²) in [6, 6.07) is 12.2. The van der Waals surface area contributed by atoms with E-state index in [2.05, 4.69) is 24.5 Å². The number of hydrogen-bond donors (Lipinski definition) is 5. The molecule has 0 aromatic heterocycles. The van der Waals surface area contributed by atoms with Crippen molar-refractivity contribution in [2.75, 3.05) is 13.2 Å². The maximum Gasteiger partial charge on any atom is 0.327 e. The van der Waals surface area contributed by atoms with E-state index in [0.717, 1.165) is 55.2 Å². The van der Waals surface area contributed by atoms with Crippen molar-refractivity contribution in [2.24, 2.45) is 5.41 Å². The number of unbranched alkanes of at least 4 members (excludes halogenated alkanes) is 4. The van der Waals surface area contributed by atoms with Crippen LogP contribution >= 0.6 is 0 Å². The van der Waals surface area contributed by atoms with Gasteiger partial charge in [0.15, 0.2) is 11.8 Å². The molecule has 3 saturated heterocycles. The summed E-state index contributed by atoms with van der Waals surface area (Å²) in [6.45, 7) is 5.40. The number of hydrogen-bond acceptors (Lipinski definition) is 11. The molecule has 13 nitrogen and oxygen atoms in total. The Bertz CT molecular complexity index is 1670. The van der Waals surface area contributed by atoms with Crippen LogP contribution < -0.4 is 10.6 Å². The molecule has 55 heavy (non-hydrogen) atoms. The minimum absolute atomic E-state index is 0.0625. The third-order valence-electron chi connectivity index (χ3n) is 11.5. The van der Waals surface area contributed by atoms with Crippen LogP contribution in [0.2, 0.25) is 0 Å². The first kappa shape index (κ1) is 40.8. The van der Waals surface area contributed by atoms with Crippen molar-refractivity contribution in [3.63, 3.8) is 0 Å². The highest BCUT2D eigenvalue weighted by molar-refractivity contribution is 5.96. The standard InChI is InChI=1S/C42H57N3O10/c1-4-6-12-21-41(22-13-7-5-2)53-34-32-25-42(40(51)44-33(27(3)47)38(49)43-23-24-46)36(39(50)52-32)45(55-37(42)35(34)54-41)26-30-17-9-8-15-28(30)18-14-19-29-16-10-11-20-31(29)48/h8-11,14-18,20,27,32-37,46-48H,4-7,12-13,19,21-26H2,1-3H3,(H,43,49)(H,44,51)/t27-,32+,33+,34-,35-,36+,37+,42+/m0/s1. The van der Waals surface area contributed by atoms with Crippen LogP contribution in [0.3, 0.4) is 0 Å². The van der Waals surface area contributed by atoms with Crippen LogP contribution in [0, 0.1) is 5.41 Å². The van der Waals surface area contributed by atoms with Crippen LogP contribution in [0.4, 0.5) is 0 Å². The fourth-order valence-electron chi connectivity index (χ4n) is 8.67. The highest BCUT2D eigenvalue weighted by Crippen LogP contribution is 2.58. The van der Waals surface area contributed by atoms with Crippen molar-refractivity contribution in [1.29, 1.82) is 0 Å². The van der Waals surface area contributed by atoms with Crippen molar-refractivity contribution in [3.05, 3.63) is 71.3 Å².